The predicted octanol–water partition coefficient (Wildman–Crippen LogP) is 3.48. The van der Waals surface area contributed by atoms with E-state index in [1.807, 2.05) is 23.1 Å². The molecule has 1 unspecified atom stereocenters. The molecule has 152 valence electrons. The molecule has 0 saturated carbocycles. The van der Waals surface area contributed by atoms with Crippen molar-refractivity contribution in [3.05, 3.63) is 71.0 Å². The van der Waals surface area contributed by atoms with Crippen LogP contribution in [0, 0.1) is 11.7 Å². The molecule has 0 aromatic heterocycles. The van der Waals surface area contributed by atoms with Crippen LogP contribution >= 0.6 is 0 Å². The van der Waals surface area contributed by atoms with Gasteiger partial charge in [0.2, 0.25) is 0 Å². The summed E-state index contributed by atoms with van der Waals surface area (Å²) in [6.07, 6.45) is 0.508. The summed E-state index contributed by atoms with van der Waals surface area (Å²) in [5, 5.41) is 11.2. The monoisotopic (exact) mass is 397 g/mol. The number of urea groups is 1. The van der Waals surface area contributed by atoms with Gasteiger partial charge in [0, 0.05) is 26.2 Å². The number of benzene rings is 2. The van der Waals surface area contributed by atoms with Crippen molar-refractivity contribution in [2.24, 2.45) is 5.92 Å². The highest BCUT2D eigenvalue weighted by atomic mass is 19.1. The van der Waals surface area contributed by atoms with Gasteiger partial charge in [-0.3, -0.25) is 0 Å². The first kappa shape index (κ1) is 19.2. The molecule has 6 nitrogen and oxygen atoms in total. The van der Waals surface area contributed by atoms with Crippen molar-refractivity contribution >= 4 is 12.1 Å². The Morgan fingerprint density at radius 3 is 2.62 bits per heavy atom. The summed E-state index contributed by atoms with van der Waals surface area (Å²) < 4.78 is 13.5. The standard InChI is InChI=1S/C22H24FN3O3/c23-18-7-5-17(6-8-18)20-19-4-2-1-3-16(19)10-12-26(20)22(29)25-11-9-15(14-25)13-24-21(27)28/h1-8,15,20,24H,9-14H2,(H,27,28)/t15?,20-/m0/s1. The second-order valence-electron chi connectivity index (χ2n) is 7.67. The van der Waals surface area contributed by atoms with Gasteiger partial charge in [-0.05, 0) is 47.6 Å². The van der Waals surface area contributed by atoms with Gasteiger partial charge in [-0.1, -0.05) is 36.4 Å². The number of fused-ring (bicyclic) bond motifs is 1. The van der Waals surface area contributed by atoms with Crippen LogP contribution in [0.4, 0.5) is 14.0 Å². The highest BCUT2D eigenvalue weighted by molar-refractivity contribution is 5.76. The van der Waals surface area contributed by atoms with E-state index in [0.29, 0.717) is 26.2 Å². The average molecular weight is 397 g/mol. The maximum atomic E-state index is 13.5. The van der Waals surface area contributed by atoms with Gasteiger partial charge in [-0.15, -0.1) is 0 Å². The molecule has 2 aromatic carbocycles. The first-order valence-corrected chi connectivity index (χ1v) is 9.88. The summed E-state index contributed by atoms with van der Waals surface area (Å²) in [6.45, 7) is 2.09. The highest BCUT2D eigenvalue weighted by Gasteiger charge is 2.36. The molecule has 2 atom stereocenters. The maximum absolute atomic E-state index is 13.5. The van der Waals surface area contributed by atoms with Gasteiger partial charge in [-0.2, -0.15) is 0 Å². The molecule has 2 heterocycles. The number of carboxylic acid groups (broad SMARTS) is 1. The number of carbonyl (C=O) groups excluding carboxylic acids is 1. The zero-order valence-corrected chi connectivity index (χ0v) is 16.1. The number of hydrogen-bond donors (Lipinski definition) is 2. The van der Waals surface area contributed by atoms with Crippen molar-refractivity contribution < 1.29 is 19.1 Å². The summed E-state index contributed by atoms with van der Waals surface area (Å²) >= 11 is 0. The van der Waals surface area contributed by atoms with Crippen molar-refractivity contribution in [2.75, 3.05) is 26.2 Å². The van der Waals surface area contributed by atoms with Crippen molar-refractivity contribution in [3.63, 3.8) is 0 Å². The van der Waals surface area contributed by atoms with Gasteiger partial charge in [0.05, 0.1) is 6.04 Å². The van der Waals surface area contributed by atoms with Gasteiger partial charge < -0.3 is 20.2 Å². The zero-order chi connectivity index (χ0) is 20.4. The average Bonchev–Trinajstić information content (AvgIpc) is 3.21. The molecule has 2 N–H and O–H groups in total. The van der Waals surface area contributed by atoms with Crippen LogP contribution in [0.25, 0.3) is 0 Å². The highest BCUT2D eigenvalue weighted by Crippen LogP contribution is 2.36. The Balaban J connectivity index is 1.58. The Bertz CT molecular complexity index is 902. The van der Waals surface area contributed by atoms with Crippen LogP contribution in [-0.4, -0.2) is 53.2 Å². The van der Waals surface area contributed by atoms with E-state index in [4.69, 9.17) is 5.11 Å². The number of rotatable bonds is 3. The molecule has 1 saturated heterocycles. The quantitative estimate of drug-likeness (QED) is 0.833. The number of carbonyl (C=O) groups is 2. The summed E-state index contributed by atoms with van der Waals surface area (Å²) in [6, 6.07) is 14.1. The zero-order valence-electron chi connectivity index (χ0n) is 16.1. The topological polar surface area (TPSA) is 72.9 Å². The van der Waals surface area contributed by atoms with Crippen LogP contribution in [0.5, 0.6) is 0 Å². The minimum Gasteiger partial charge on any atom is -0.465 e. The molecular formula is C22H24FN3O3. The molecule has 2 aliphatic heterocycles. The second kappa shape index (κ2) is 8.11. The number of nitrogens with zero attached hydrogens (tertiary/aromatic N) is 2. The van der Waals surface area contributed by atoms with Crippen LogP contribution in [0.3, 0.4) is 0 Å². The molecule has 7 heteroatoms. The van der Waals surface area contributed by atoms with E-state index >= 15 is 0 Å². The lowest BCUT2D eigenvalue weighted by atomic mass is 9.88. The lowest BCUT2D eigenvalue weighted by Crippen LogP contribution is -2.47. The Hall–Kier alpha value is -3.09. The summed E-state index contributed by atoms with van der Waals surface area (Å²) in [7, 11) is 0. The van der Waals surface area contributed by atoms with E-state index in [0.717, 1.165) is 24.0 Å². The molecule has 29 heavy (non-hydrogen) atoms. The Kier molecular flexibility index (Phi) is 5.38. The van der Waals surface area contributed by atoms with Crippen molar-refractivity contribution in [3.8, 4) is 0 Å². The van der Waals surface area contributed by atoms with Gasteiger partial charge >= 0.3 is 12.1 Å². The SMILES string of the molecule is O=C(O)NCC1CCN(C(=O)N2CCc3ccccc3[C@@H]2c2ccc(F)cc2)C1. The van der Waals surface area contributed by atoms with Crippen LogP contribution in [0.1, 0.15) is 29.2 Å². The van der Waals surface area contributed by atoms with Crippen LogP contribution < -0.4 is 5.32 Å². The van der Waals surface area contributed by atoms with Gasteiger partial charge in [-0.25, -0.2) is 14.0 Å². The van der Waals surface area contributed by atoms with E-state index < -0.39 is 6.09 Å². The van der Waals surface area contributed by atoms with Gasteiger partial charge in [0.1, 0.15) is 5.82 Å². The van der Waals surface area contributed by atoms with Crippen molar-refractivity contribution in [1.29, 1.82) is 0 Å². The Morgan fingerprint density at radius 2 is 1.86 bits per heavy atom. The number of nitrogens with one attached hydrogen (secondary N) is 1. The van der Waals surface area contributed by atoms with E-state index in [9.17, 15) is 14.0 Å². The first-order valence-electron chi connectivity index (χ1n) is 9.88. The largest absolute Gasteiger partial charge is 0.465 e. The molecule has 1 fully saturated rings. The smallest absolute Gasteiger partial charge is 0.404 e. The molecular weight excluding hydrogens is 373 g/mol. The number of amides is 3. The van der Waals surface area contributed by atoms with Crippen molar-refractivity contribution in [2.45, 2.75) is 18.9 Å². The second-order valence-corrected chi connectivity index (χ2v) is 7.67. The fourth-order valence-electron chi connectivity index (χ4n) is 4.36. The third kappa shape index (κ3) is 4.04. The molecule has 2 aliphatic rings. The molecule has 0 radical (unpaired) electrons. The van der Waals surface area contributed by atoms with E-state index in [2.05, 4.69) is 11.4 Å². The lowest BCUT2D eigenvalue weighted by molar-refractivity contribution is 0.144. The molecule has 0 spiro atoms. The Labute approximate surface area is 168 Å². The predicted molar refractivity (Wildman–Crippen MR) is 106 cm³/mol. The van der Waals surface area contributed by atoms with Gasteiger partial charge in [0.25, 0.3) is 0 Å². The normalized spacial score (nSPS) is 21.0. The fraction of sp³-hybridized carbons (Fsp3) is 0.364. The molecule has 3 amide bonds. The molecule has 2 aromatic rings. The van der Waals surface area contributed by atoms with Crippen LogP contribution in [0.2, 0.25) is 0 Å². The molecule has 0 bridgehead atoms. The third-order valence-electron chi connectivity index (χ3n) is 5.81. The summed E-state index contributed by atoms with van der Waals surface area (Å²) in [5.41, 5.74) is 3.16. The fourth-order valence-corrected chi connectivity index (χ4v) is 4.36. The number of halogens is 1. The summed E-state index contributed by atoms with van der Waals surface area (Å²) in [4.78, 5) is 27.8. The number of hydrogen-bond acceptors (Lipinski definition) is 2. The van der Waals surface area contributed by atoms with Crippen LogP contribution in [0.15, 0.2) is 48.5 Å². The third-order valence-corrected chi connectivity index (χ3v) is 5.81. The summed E-state index contributed by atoms with van der Waals surface area (Å²) in [5.74, 6) is -0.180. The first-order chi connectivity index (χ1) is 14.0. The van der Waals surface area contributed by atoms with E-state index in [1.54, 1.807) is 17.0 Å². The number of likely N-dealkylation sites (tertiary alicyclic amines) is 1. The maximum Gasteiger partial charge on any atom is 0.404 e. The van der Waals surface area contributed by atoms with E-state index in [-0.39, 0.29) is 23.8 Å². The molecule has 4 rings (SSSR count). The van der Waals surface area contributed by atoms with Crippen LogP contribution in [-0.2, 0) is 6.42 Å². The minimum atomic E-state index is -1.04. The Morgan fingerprint density at radius 1 is 1.10 bits per heavy atom. The van der Waals surface area contributed by atoms with Gasteiger partial charge in [0.15, 0.2) is 0 Å². The minimum absolute atomic E-state index is 0.0494. The van der Waals surface area contributed by atoms with Crippen molar-refractivity contribution in [1.82, 2.24) is 15.1 Å². The lowest BCUT2D eigenvalue weighted by Gasteiger charge is -2.39. The molecule has 0 aliphatic carbocycles. The van der Waals surface area contributed by atoms with E-state index in [1.165, 1.54) is 17.7 Å².